The number of ether oxygens (including phenoxy) is 2. The van der Waals surface area contributed by atoms with E-state index in [4.69, 9.17) is 14.5 Å². The lowest BCUT2D eigenvalue weighted by atomic mass is 9.99. The van der Waals surface area contributed by atoms with E-state index in [0.717, 1.165) is 45.5 Å². The zero-order valence-electron chi connectivity index (χ0n) is 13.7. The molecule has 0 amide bonds. The van der Waals surface area contributed by atoms with Gasteiger partial charge >= 0.3 is 0 Å². The van der Waals surface area contributed by atoms with E-state index in [9.17, 15) is 0 Å². The Hall–Kier alpha value is -3.28. The number of pyridine rings is 1. The molecule has 25 heavy (non-hydrogen) atoms. The molecule has 0 unspecified atom stereocenters. The zero-order chi connectivity index (χ0) is 16.8. The number of anilines is 1. The maximum Gasteiger partial charge on any atom is 0.157 e. The van der Waals surface area contributed by atoms with Crippen LogP contribution in [0.1, 0.15) is 6.42 Å². The summed E-state index contributed by atoms with van der Waals surface area (Å²) >= 11 is 0. The van der Waals surface area contributed by atoms with Crippen LogP contribution in [0.2, 0.25) is 0 Å². The molecule has 3 heterocycles. The number of fused-ring (bicyclic) bond motifs is 4. The first-order valence-corrected chi connectivity index (χ1v) is 8.12. The van der Waals surface area contributed by atoms with Crippen LogP contribution >= 0.6 is 0 Å². The number of rotatable bonds is 3. The van der Waals surface area contributed by atoms with Crippen LogP contribution in [0, 0.1) is 0 Å². The van der Waals surface area contributed by atoms with Gasteiger partial charge in [-0.25, -0.2) is 4.98 Å². The van der Waals surface area contributed by atoms with Crippen molar-refractivity contribution in [3.8, 4) is 5.75 Å². The predicted octanol–water partition coefficient (Wildman–Crippen LogP) is 3.66. The summed E-state index contributed by atoms with van der Waals surface area (Å²) in [5, 5.41) is 12.6. The second kappa shape index (κ2) is 5.37. The van der Waals surface area contributed by atoms with Gasteiger partial charge in [0.15, 0.2) is 5.82 Å². The summed E-state index contributed by atoms with van der Waals surface area (Å²) in [7, 11) is 1.67. The van der Waals surface area contributed by atoms with Crippen molar-refractivity contribution in [1.29, 1.82) is 0 Å². The monoisotopic (exact) mass is 332 g/mol. The fourth-order valence-corrected chi connectivity index (χ4v) is 3.38. The van der Waals surface area contributed by atoms with Crippen molar-refractivity contribution in [2.45, 2.75) is 6.42 Å². The fourth-order valence-electron chi connectivity index (χ4n) is 3.38. The summed E-state index contributed by atoms with van der Waals surface area (Å²) < 4.78 is 10.9. The van der Waals surface area contributed by atoms with Crippen LogP contribution in [-0.2, 0) is 4.74 Å². The van der Waals surface area contributed by atoms with E-state index in [1.165, 1.54) is 11.1 Å². The molecule has 1 aromatic carbocycles. The number of nitrogens with zero attached hydrogens (tertiary/aromatic N) is 2. The molecule has 6 heteroatoms. The van der Waals surface area contributed by atoms with Crippen LogP contribution in [0.25, 0.3) is 21.8 Å². The third-order valence-electron chi connectivity index (χ3n) is 4.61. The summed E-state index contributed by atoms with van der Waals surface area (Å²) in [5.41, 5.74) is 5.20. The number of aromatic nitrogens is 3. The number of nitrogens with one attached hydrogen (secondary N) is 2. The van der Waals surface area contributed by atoms with Gasteiger partial charge in [-0.05, 0) is 35.8 Å². The van der Waals surface area contributed by atoms with Gasteiger partial charge in [0.1, 0.15) is 17.9 Å². The molecule has 0 atom stereocenters. The molecule has 124 valence electrons. The summed E-state index contributed by atoms with van der Waals surface area (Å²) in [6.45, 7) is 0.635. The minimum atomic E-state index is 0.635. The van der Waals surface area contributed by atoms with Crippen molar-refractivity contribution in [1.82, 2.24) is 15.2 Å². The number of methoxy groups -OCH3 is 1. The van der Waals surface area contributed by atoms with Crippen LogP contribution in [-0.4, -0.2) is 28.9 Å². The zero-order valence-corrected chi connectivity index (χ0v) is 13.7. The Labute approximate surface area is 143 Å². The quantitative estimate of drug-likeness (QED) is 0.766. The second-order valence-electron chi connectivity index (χ2n) is 6.09. The molecule has 0 fully saturated rings. The molecule has 0 spiro atoms. The highest BCUT2D eigenvalue weighted by molar-refractivity contribution is 6.11. The maximum atomic E-state index is 5.50. The van der Waals surface area contributed by atoms with Gasteiger partial charge < -0.3 is 14.8 Å². The second-order valence-corrected chi connectivity index (χ2v) is 6.09. The number of aromatic amines is 1. The van der Waals surface area contributed by atoms with E-state index in [0.29, 0.717) is 6.61 Å². The Kier molecular flexibility index (Phi) is 3.03. The van der Waals surface area contributed by atoms with Gasteiger partial charge in [-0.2, -0.15) is 5.10 Å². The smallest absolute Gasteiger partial charge is 0.157 e. The van der Waals surface area contributed by atoms with Crippen molar-refractivity contribution in [3.05, 3.63) is 59.7 Å². The van der Waals surface area contributed by atoms with Gasteiger partial charge in [-0.3, -0.25) is 5.10 Å². The summed E-state index contributed by atoms with van der Waals surface area (Å²) in [6.07, 6.45) is 8.77. The van der Waals surface area contributed by atoms with Crippen molar-refractivity contribution in [2.75, 3.05) is 19.0 Å². The molecule has 0 saturated heterocycles. The molecule has 0 saturated carbocycles. The Morgan fingerprint density at radius 1 is 1.28 bits per heavy atom. The molecule has 2 N–H and O–H groups in total. The third kappa shape index (κ3) is 2.18. The van der Waals surface area contributed by atoms with E-state index < -0.39 is 0 Å². The minimum absolute atomic E-state index is 0.635. The summed E-state index contributed by atoms with van der Waals surface area (Å²) in [4.78, 5) is 4.79. The Morgan fingerprint density at radius 3 is 3.16 bits per heavy atom. The molecule has 6 nitrogen and oxygen atoms in total. The largest absolute Gasteiger partial charge is 0.496 e. The SMILES string of the molecule is COc1cccc2nc(NC3=CCC4=COCC4=C3)c3[nH]ncc3c12. The molecule has 0 radical (unpaired) electrons. The molecule has 0 bridgehead atoms. The van der Waals surface area contributed by atoms with Crippen molar-refractivity contribution >= 4 is 27.6 Å². The third-order valence-corrected chi connectivity index (χ3v) is 4.61. The van der Waals surface area contributed by atoms with E-state index in [2.05, 4.69) is 27.7 Å². The average molecular weight is 332 g/mol. The van der Waals surface area contributed by atoms with Gasteiger partial charge in [-0.1, -0.05) is 12.1 Å². The van der Waals surface area contributed by atoms with Crippen LogP contribution in [0.5, 0.6) is 5.75 Å². The number of benzene rings is 1. The van der Waals surface area contributed by atoms with E-state index in [-0.39, 0.29) is 0 Å². The summed E-state index contributed by atoms with van der Waals surface area (Å²) in [6, 6.07) is 5.86. The molecule has 1 aliphatic carbocycles. The first-order chi connectivity index (χ1) is 12.3. The van der Waals surface area contributed by atoms with Crippen molar-refractivity contribution in [2.24, 2.45) is 0 Å². The van der Waals surface area contributed by atoms with Gasteiger partial charge in [0, 0.05) is 11.1 Å². The van der Waals surface area contributed by atoms with Crippen LogP contribution in [0.3, 0.4) is 0 Å². The van der Waals surface area contributed by atoms with Crippen molar-refractivity contribution in [3.63, 3.8) is 0 Å². The number of allylic oxidation sites excluding steroid dienone is 2. The minimum Gasteiger partial charge on any atom is -0.496 e. The number of H-pyrrole nitrogens is 1. The maximum absolute atomic E-state index is 5.50. The van der Waals surface area contributed by atoms with Gasteiger partial charge in [0.2, 0.25) is 0 Å². The van der Waals surface area contributed by atoms with E-state index in [1.807, 2.05) is 30.7 Å². The molecular weight excluding hydrogens is 316 g/mol. The topological polar surface area (TPSA) is 72.1 Å². The lowest BCUT2D eigenvalue weighted by Crippen LogP contribution is -2.06. The number of hydrogen-bond donors (Lipinski definition) is 2. The highest BCUT2D eigenvalue weighted by atomic mass is 16.5. The lowest BCUT2D eigenvalue weighted by Gasteiger charge is -2.15. The molecule has 3 aromatic rings. The van der Waals surface area contributed by atoms with Gasteiger partial charge in [0.05, 0.1) is 30.5 Å². The summed E-state index contributed by atoms with van der Waals surface area (Å²) in [5.74, 6) is 1.54. The average Bonchev–Trinajstić information content (AvgIpc) is 3.30. The van der Waals surface area contributed by atoms with Gasteiger partial charge in [-0.15, -0.1) is 0 Å². The van der Waals surface area contributed by atoms with Crippen LogP contribution in [0.4, 0.5) is 5.82 Å². The van der Waals surface area contributed by atoms with E-state index in [1.54, 1.807) is 7.11 Å². The van der Waals surface area contributed by atoms with Crippen molar-refractivity contribution < 1.29 is 9.47 Å². The number of hydrogen-bond acceptors (Lipinski definition) is 5. The fraction of sp³-hybridized carbons (Fsp3) is 0.158. The van der Waals surface area contributed by atoms with E-state index >= 15 is 0 Å². The van der Waals surface area contributed by atoms with Gasteiger partial charge in [0.25, 0.3) is 0 Å². The van der Waals surface area contributed by atoms with Crippen LogP contribution < -0.4 is 10.1 Å². The molecule has 1 aliphatic heterocycles. The first kappa shape index (κ1) is 14.1. The normalized spacial score (nSPS) is 16.1. The molecule has 5 rings (SSSR count). The first-order valence-electron chi connectivity index (χ1n) is 8.12. The highest BCUT2D eigenvalue weighted by Crippen LogP contribution is 2.35. The molecule has 2 aromatic heterocycles. The highest BCUT2D eigenvalue weighted by Gasteiger charge is 2.18. The lowest BCUT2D eigenvalue weighted by molar-refractivity contribution is 0.301. The predicted molar refractivity (Wildman–Crippen MR) is 96.4 cm³/mol. The van der Waals surface area contributed by atoms with Crippen LogP contribution in [0.15, 0.2) is 59.7 Å². The molecule has 2 aliphatic rings. The Bertz CT molecular complexity index is 1090. The Morgan fingerprint density at radius 2 is 2.24 bits per heavy atom. The standard InChI is InChI=1S/C19H16N4O2/c1-24-16-4-2-3-15-17(16)14-8-20-23-18(14)19(22-15)21-13-6-5-11-9-25-10-12(11)7-13/h2-4,6-9H,5,10H2,1H3,(H,20,23)(H,21,22). The molecular formula is C19H16N4O2. The Balaban J connectivity index is 1.63.